The molecule has 1 aliphatic heterocycles. The number of sulfonamides is 1. The number of carbonyl (C=O) groups is 1. The highest BCUT2D eigenvalue weighted by Crippen LogP contribution is 2.34. The zero-order chi connectivity index (χ0) is 25.6. The number of rotatable bonds is 8. The molecule has 2 N–H and O–H groups in total. The number of hydrogen-bond acceptors (Lipinski definition) is 7. The Balaban J connectivity index is 2.00. The Morgan fingerprint density at radius 1 is 1.20 bits per heavy atom. The van der Waals surface area contributed by atoms with Gasteiger partial charge in [0.15, 0.2) is 0 Å². The summed E-state index contributed by atoms with van der Waals surface area (Å²) in [7, 11) is -0.578. The van der Waals surface area contributed by atoms with Crippen molar-refractivity contribution in [2.24, 2.45) is 0 Å². The zero-order valence-electron chi connectivity index (χ0n) is 19.9. The number of nitrogens with one attached hydrogen (secondary N) is 1. The molecule has 0 spiro atoms. The lowest BCUT2D eigenvalue weighted by Gasteiger charge is -2.34. The molecule has 9 nitrogen and oxygen atoms in total. The average Bonchev–Trinajstić information content (AvgIpc) is 2.84. The molecule has 0 aromatic heterocycles. The van der Waals surface area contributed by atoms with Crippen LogP contribution >= 0.6 is 15.9 Å². The summed E-state index contributed by atoms with van der Waals surface area (Å²) in [5.41, 5.74) is 2.52. The minimum Gasteiger partial charge on any atom is -0.481 e. The Morgan fingerprint density at radius 3 is 2.46 bits per heavy atom. The lowest BCUT2D eigenvalue weighted by molar-refractivity contribution is 0.0707. The summed E-state index contributed by atoms with van der Waals surface area (Å²) in [6.07, 6.45) is 0. The lowest BCUT2D eigenvalue weighted by Crippen LogP contribution is -2.44. The van der Waals surface area contributed by atoms with Crippen LogP contribution in [0.4, 0.5) is 5.69 Å². The van der Waals surface area contributed by atoms with Crippen molar-refractivity contribution in [2.75, 3.05) is 51.2 Å². The number of likely N-dealkylation sites (N-methyl/N-ethyl adjacent to an activating group) is 1. The van der Waals surface area contributed by atoms with Crippen molar-refractivity contribution < 1.29 is 23.2 Å². The van der Waals surface area contributed by atoms with E-state index in [0.29, 0.717) is 22.3 Å². The monoisotopic (exact) mass is 564 g/mol. The van der Waals surface area contributed by atoms with E-state index in [0.717, 1.165) is 30.5 Å². The van der Waals surface area contributed by atoms with Crippen LogP contribution in [0.15, 0.2) is 45.8 Å². The Morgan fingerprint density at radius 2 is 1.86 bits per heavy atom. The Labute approximate surface area is 214 Å². The summed E-state index contributed by atoms with van der Waals surface area (Å²) in [4.78, 5) is 17.0. The van der Waals surface area contributed by atoms with E-state index < -0.39 is 15.9 Å². The third-order valence-electron chi connectivity index (χ3n) is 5.77. The number of carbonyl (C=O) groups excluding carboxylic acids is 1. The fraction of sp³-hybridized carbons (Fsp3) is 0.375. The molecular weight excluding hydrogens is 536 g/mol. The van der Waals surface area contributed by atoms with Crippen molar-refractivity contribution in [3.8, 4) is 17.6 Å². The van der Waals surface area contributed by atoms with E-state index in [4.69, 9.17) is 4.74 Å². The first-order valence-electron chi connectivity index (χ1n) is 11.0. The van der Waals surface area contributed by atoms with Crippen LogP contribution in [0.2, 0.25) is 0 Å². The molecule has 35 heavy (non-hydrogen) atoms. The van der Waals surface area contributed by atoms with Crippen LogP contribution < -0.4 is 14.5 Å². The SMILES string of the molecule is CC#CCOc1ccc(S(=O)(=O)N(C)c2c(CN3CCN(C)CC3)cc(Br)cc2C(=O)NO)cc1. The Bertz CT molecular complexity index is 1220. The number of amides is 1. The van der Waals surface area contributed by atoms with Crippen LogP contribution in [-0.4, -0.2) is 76.2 Å². The number of benzene rings is 2. The summed E-state index contributed by atoms with van der Waals surface area (Å²) in [6, 6.07) is 9.32. The molecule has 3 rings (SSSR count). The van der Waals surface area contributed by atoms with Gasteiger partial charge < -0.3 is 9.64 Å². The smallest absolute Gasteiger partial charge is 0.276 e. The third kappa shape index (κ3) is 6.54. The number of hydroxylamine groups is 1. The van der Waals surface area contributed by atoms with Crippen LogP contribution in [0.3, 0.4) is 0 Å². The second kappa shape index (κ2) is 11.9. The summed E-state index contributed by atoms with van der Waals surface area (Å²) in [6.45, 7) is 5.75. The molecule has 1 amide bonds. The minimum absolute atomic E-state index is 0.0372. The topological polar surface area (TPSA) is 102 Å². The first kappa shape index (κ1) is 27.0. The molecule has 0 bridgehead atoms. The van der Waals surface area contributed by atoms with E-state index in [1.807, 2.05) is 0 Å². The number of nitrogens with zero attached hydrogens (tertiary/aromatic N) is 3. The first-order valence-corrected chi connectivity index (χ1v) is 13.2. The van der Waals surface area contributed by atoms with E-state index in [9.17, 15) is 18.4 Å². The molecule has 1 aliphatic rings. The standard InChI is InChI=1S/C24H29BrN4O5S/c1-4-5-14-34-20-6-8-21(9-7-20)35(32,33)28(3)23-18(17-29-12-10-27(2)11-13-29)15-19(25)16-22(23)24(30)26-31/h6-9,15-16,31H,10-14,17H2,1-3H3,(H,26,30). The van der Waals surface area contributed by atoms with Gasteiger partial charge in [-0.3, -0.25) is 19.2 Å². The van der Waals surface area contributed by atoms with Gasteiger partial charge in [-0.05, 0) is 55.9 Å². The van der Waals surface area contributed by atoms with E-state index in [2.05, 4.69) is 44.6 Å². The third-order valence-corrected chi connectivity index (χ3v) is 8.00. The van der Waals surface area contributed by atoms with Crippen LogP contribution in [0.25, 0.3) is 0 Å². The maximum absolute atomic E-state index is 13.6. The molecule has 0 atom stereocenters. The molecule has 0 saturated carbocycles. The van der Waals surface area contributed by atoms with Crippen molar-refractivity contribution in [1.82, 2.24) is 15.3 Å². The number of hydrogen-bond donors (Lipinski definition) is 2. The molecule has 188 valence electrons. The summed E-state index contributed by atoms with van der Waals surface area (Å²) in [5.74, 6) is 5.20. The predicted octanol–water partition coefficient (Wildman–Crippen LogP) is 2.54. The Hall–Kier alpha value is -2.62. The molecule has 2 aromatic carbocycles. The fourth-order valence-electron chi connectivity index (χ4n) is 3.81. The van der Waals surface area contributed by atoms with Gasteiger partial charge in [0.25, 0.3) is 15.9 Å². The minimum atomic E-state index is -4.04. The highest BCUT2D eigenvalue weighted by atomic mass is 79.9. The van der Waals surface area contributed by atoms with Crippen molar-refractivity contribution in [3.05, 3.63) is 52.0 Å². The number of anilines is 1. The molecule has 11 heteroatoms. The highest BCUT2D eigenvalue weighted by Gasteiger charge is 2.29. The van der Waals surface area contributed by atoms with Gasteiger partial charge in [0.1, 0.15) is 12.4 Å². The van der Waals surface area contributed by atoms with Crippen molar-refractivity contribution >= 4 is 37.5 Å². The molecule has 0 radical (unpaired) electrons. The molecule has 1 saturated heterocycles. The van der Waals surface area contributed by atoms with Gasteiger partial charge >= 0.3 is 0 Å². The number of ether oxygens (including phenoxy) is 1. The molecule has 2 aromatic rings. The summed E-state index contributed by atoms with van der Waals surface area (Å²) in [5, 5.41) is 9.34. The van der Waals surface area contributed by atoms with Crippen molar-refractivity contribution in [3.63, 3.8) is 0 Å². The van der Waals surface area contributed by atoms with Crippen molar-refractivity contribution in [2.45, 2.75) is 18.4 Å². The van der Waals surface area contributed by atoms with Crippen LogP contribution in [0, 0.1) is 11.8 Å². The Kier molecular flexibility index (Phi) is 9.15. The van der Waals surface area contributed by atoms with E-state index in [-0.39, 0.29) is 22.8 Å². The average molecular weight is 565 g/mol. The second-order valence-corrected chi connectivity index (χ2v) is 11.0. The molecule has 1 fully saturated rings. The molecule has 1 heterocycles. The first-order chi connectivity index (χ1) is 16.7. The fourth-order valence-corrected chi connectivity index (χ4v) is 5.56. The van der Waals surface area contributed by atoms with Crippen LogP contribution in [0.1, 0.15) is 22.8 Å². The van der Waals surface area contributed by atoms with Gasteiger partial charge in [0.05, 0.1) is 16.1 Å². The van der Waals surface area contributed by atoms with E-state index in [1.54, 1.807) is 30.6 Å². The maximum atomic E-state index is 13.6. The zero-order valence-corrected chi connectivity index (χ0v) is 22.3. The van der Waals surface area contributed by atoms with Gasteiger partial charge in [-0.1, -0.05) is 21.9 Å². The molecule has 0 unspecified atom stereocenters. The highest BCUT2D eigenvalue weighted by molar-refractivity contribution is 9.10. The van der Waals surface area contributed by atoms with E-state index in [1.165, 1.54) is 25.2 Å². The van der Waals surface area contributed by atoms with Crippen molar-refractivity contribution in [1.29, 1.82) is 0 Å². The van der Waals surface area contributed by atoms with Gasteiger partial charge in [0, 0.05) is 44.2 Å². The van der Waals surface area contributed by atoms with Gasteiger partial charge in [-0.15, -0.1) is 5.92 Å². The number of halogens is 1. The lowest BCUT2D eigenvalue weighted by atomic mass is 10.1. The normalized spacial score (nSPS) is 14.7. The van der Waals surface area contributed by atoms with Gasteiger partial charge in [-0.2, -0.15) is 0 Å². The predicted molar refractivity (Wildman–Crippen MR) is 137 cm³/mol. The number of piperazine rings is 1. The van der Waals surface area contributed by atoms with E-state index >= 15 is 0 Å². The maximum Gasteiger partial charge on any atom is 0.276 e. The van der Waals surface area contributed by atoms with Gasteiger partial charge in [-0.25, -0.2) is 13.9 Å². The second-order valence-electron chi connectivity index (χ2n) is 8.14. The largest absolute Gasteiger partial charge is 0.481 e. The quantitative estimate of drug-likeness (QED) is 0.288. The molecule has 0 aliphatic carbocycles. The summed E-state index contributed by atoms with van der Waals surface area (Å²) < 4.78 is 34.3. The van der Waals surface area contributed by atoms with Crippen LogP contribution in [0.5, 0.6) is 5.75 Å². The summed E-state index contributed by atoms with van der Waals surface area (Å²) >= 11 is 3.42. The molecular formula is C24H29BrN4O5S. The van der Waals surface area contributed by atoms with Gasteiger partial charge in [0.2, 0.25) is 0 Å². The van der Waals surface area contributed by atoms with Crippen LogP contribution in [-0.2, 0) is 16.6 Å².